The minimum atomic E-state index is -3.36. The summed E-state index contributed by atoms with van der Waals surface area (Å²) < 4.78 is 22.9. The smallest absolute Gasteiger partial charge is 0.238 e. The first-order valence-corrected chi connectivity index (χ1v) is 6.41. The van der Waals surface area contributed by atoms with Gasteiger partial charge in [-0.25, -0.2) is 8.42 Å². The zero-order chi connectivity index (χ0) is 10.8. The average Bonchev–Trinajstić information content (AvgIpc) is 2.86. The SMILES string of the molecule is CC(C(=O)NC1CC1)S(=O)(=O)CCN. The molecule has 1 rings (SSSR count). The zero-order valence-corrected chi connectivity index (χ0v) is 9.01. The van der Waals surface area contributed by atoms with Gasteiger partial charge in [0.1, 0.15) is 5.25 Å². The van der Waals surface area contributed by atoms with Crippen LogP contribution in [0.5, 0.6) is 0 Å². The van der Waals surface area contributed by atoms with Crippen molar-refractivity contribution in [1.82, 2.24) is 5.32 Å². The lowest BCUT2D eigenvalue weighted by molar-refractivity contribution is -0.120. The predicted molar refractivity (Wildman–Crippen MR) is 53.5 cm³/mol. The van der Waals surface area contributed by atoms with Crippen molar-refractivity contribution in [3.63, 3.8) is 0 Å². The fourth-order valence-corrected chi connectivity index (χ4v) is 2.13. The van der Waals surface area contributed by atoms with Crippen molar-refractivity contribution in [3.05, 3.63) is 0 Å². The zero-order valence-electron chi connectivity index (χ0n) is 8.19. The monoisotopic (exact) mass is 220 g/mol. The molecule has 0 aliphatic heterocycles. The Labute approximate surface area is 84.0 Å². The predicted octanol–water partition coefficient (Wildman–Crippen LogP) is -0.973. The first kappa shape index (κ1) is 11.5. The summed E-state index contributed by atoms with van der Waals surface area (Å²) >= 11 is 0. The van der Waals surface area contributed by atoms with E-state index in [2.05, 4.69) is 5.32 Å². The average molecular weight is 220 g/mol. The number of sulfone groups is 1. The summed E-state index contributed by atoms with van der Waals surface area (Å²) in [7, 11) is -3.36. The number of amides is 1. The van der Waals surface area contributed by atoms with Gasteiger partial charge in [0.25, 0.3) is 0 Å². The first-order chi connectivity index (χ1) is 6.47. The van der Waals surface area contributed by atoms with E-state index in [4.69, 9.17) is 5.73 Å². The molecule has 82 valence electrons. The van der Waals surface area contributed by atoms with Crippen LogP contribution in [0.25, 0.3) is 0 Å². The lowest BCUT2D eigenvalue weighted by Gasteiger charge is -2.11. The second-order valence-corrected chi connectivity index (χ2v) is 6.02. The van der Waals surface area contributed by atoms with Crippen LogP contribution in [-0.2, 0) is 14.6 Å². The summed E-state index contributed by atoms with van der Waals surface area (Å²) in [6.45, 7) is 1.46. The molecule has 0 radical (unpaired) electrons. The third-order valence-electron chi connectivity index (χ3n) is 2.23. The van der Waals surface area contributed by atoms with Crippen molar-refractivity contribution >= 4 is 15.7 Å². The van der Waals surface area contributed by atoms with E-state index in [1.165, 1.54) is 6.92 Å². The van der Waals surface area contributed by atoms with Gasteiger partial charge in [-0.3, -0.25) is 4.79 Å². The quantitative estimate of drug-likeness (QED) is 0.623. The molecule has 0 bridgehead atoms. The van der Waals surface area contributed by atoms with E-state index in [-0.39, 0.29) is 18.3 Å². The second-order valence-electron chi connectivity index (χ2n) is 3.58. The summed E-state index contributed by atoms with van der Waals surface area (Å²) in [4.78, 5) is 11.4. The van der Waals surface area contributed by atoms with Crippen molar-refractivity contribution in [1.29, 1.82) is 0 Å². The molecule has 1 aliphatic rings. The van der Waals surface area contributed by atoms with Crippen LogP contribution < -0.4 is 11.1 Å². The van der Waals surface area contributed by atoms with E-state index < -0.39 is 21.0 Å². The molecule has 1 unspecified atom stereocenters. The number of carbonyl (C=O) groups excluding carboxylic acids is 1. The van der Waals surface area contributed by atoms with Crippen LogP contribution in [0.15, 0.2) is 0 Å². The van der Waals surface area contributed by atoms with E-state index in [0.717, 1.165) is 12.8 Å². The maximum Gasteiger partial charge on any atom is 0.238 e. The molecule has 1 saturated carbocycles. The Morgan fingerprint density at radius 2 is 2.14 bits per heavy atom. The fourth-order valence-electron chi connectivity index (χ4n) is 1.05. The van der Waals surface area contributed by atoms with Gasteiger partial charge in [0.15, 0.2) is 9.84 Å². The molecule has 1 atom stereocenters. The normalized spacial score (nSPS) is 19.0. The third kappa shape index (κ3) is 2.95. The minimum absolute atomic E-state index is 0.0589. The number of hydrogen-bond donors (Lipinski definition) is 2. The molecule has 3 N–H and O–H groups in total. The van der Waals surface area contributed by atoms with Crippen molar-refractivity contribution in [2.45, 2.75) is 31.1 Å². The van der Waals surface area contributed by atoms with E-state index in [1.807, 2.05) is 0 Å². The first-order valence-electron chi connectivity index (χ1n) is 4.69. The lowest BCUT2D eigenvalue weighted by atomic mass is 10.4. The molecule has 5 nitrogen and oxygen atoms in total. The highest BCUT2D eigenvalue weighted by Gasteiger charge is 2.31. The van der Waals surface area contributed by atoms with Crippen LogP contribution in [-0.4, -0.2) is 37.9 Å². The van der Waals surface area contributed by atoms with Crippen LogP contribution in [0.3, 0.4) is 0 Å². The largest absolute Gasteiger partial charge is 0.352 e. The lowest BCUT2D eigenvalue weighted by Crippen LogP contribution is -2.40. The molecule has 0 heterocycles. The van der Waals surface area contributed by atoms with Gasteiger partial charge in [-0.2, -0.15) is 0 Å². The molecular formula is C8H16N2O3S. The highest BCUT2D eigenvalue weighted by Crippen LogP contribution is 2.19. The van der Waals surface area contributed by atoms with Gasteiger partial charge in [-0.1, -0.05) is 0 Å². The Balaban J connectivity index is 2.53. The molecule has 0 saturated heterocycles. The Bertz CT molecular complexity index is 309. The Hall–Kier alpha value is -0.620. The Morgan fingerprint density at radius 3 is 2.57 bits per heavy atom. The summed E-state index contributed by atoms with van der Waals surface area (Å²) in [5.41, 5.74) is 5.16. The third-order valence-corrected chi connectivity index (χ3v) is 4.33. The highest BCUT2D eigenvalue weighted by molar-refractivity contribution is 7.92. The van der Waals surface area contributed by atoms with Gasteiger partial charge < -0.3 is 11.1 Å². The standard InChI is InChI=1S/C8H16N2O3S/c1-6(14(12,13)5-4-9)8(11)10-7-2-3-7/h6-7H,2-5,9H2,1H3,(H,10,11). The van der Waals surface area contributed by atoms with Gasteiger partial charge in [-0.05, 0) is 19.8 Å². The van der Waals surface area contributed by atoms with E-state index in [0.29, 0.717) is 0 Å². The molecule has 1 fully saturated rings. The molecule has 14 heavy (non-hydrogen) atoms. The van der Waals surface area contributed by atoms with Crippen molar-refractivity contribution < 1.29 is 13.2 Å². The highest BCUT2D eigenvalue weighted by atomic mass is 32.2. The van der Waals surface area contributed by atoms with E-state index in [1.54, 1.807) is 0 Å². The maximum absolute atomic E-state index is 11.4. The number of nitrogens with one attached hydrogen (secondary N) is 1. The molecule has 1 aliphatic carbocycles. The van der Waals surface area contributed by atoms with Crippen molar-refractivity contribution in [2.75, 3.05) is 12.3 Å². The molecule has 0 aromatic rings. The number of hydrogen-bond acceptors (Lipinski definition) is 4. The minimum Gasteiger partial charge on any atom is -0.352 e. The molecule has 1 amide bonds. The van der Waals surface area contributed by atoms with E-state index >= 15 is 0 Å². The van der Waals surface area contributed by atoms with Gasteiger partial charge in [0.2, 0.25) is 5.91 Å². The van der Waals surface area contributed by atoms with Crippen LogP contribution in [0, 0.1) is 0 Å². The maximum atomic E-state index is 11.4. The molecule has 0 aromatic carbocycles. The summed E-state index contributed by atoms with van der Waals surface area (Å²) in [6, 6.07) is 0.193. The number of rotatable bonds is 5. The van der Waals surface area contributed by atoms with Crippen molar-refractivity contribution in [2.24, 2.45) is 5.73 Å². The fraction of sp³-hybridized carbons (Fsp3) is 0.875. The molecular weight excluding hydrogens is 204 g/mol. The van der Waals surface area contributed by atoms with Crippen LogP contribution >= 0.6 is 0 Å². The Morgan fingerprint density at radius 1 is 1.57 bits per heavy atom. The Kier molecular flexibility index (Phi) is 3.49. The van der Waals surface area contributed by atoms with Crippen molar-refractivity contribution in [3.8, 4) is 0 Å². The second kappa shape index (κ2) is 4.27. The van der Waals surface area contributed by atoms with Gasteiger partial charge in [0, 0.05) is 12.6 Å². The van der Waals surface area contributed by atoms with Gasteiger partial charge in [0.05, 0.1) is 5.75 Å². The van der Waals surface area contributed by atoms with Crippen LogP contribution in [0.4, 0.5) is 0 Å². The molecule has 0 aromatic heterocycles. The number of carbonyl (C=O) groups is 1. The van der Waals surface area contributed by atoms with Crippen LogP contribution in [0.2, 0.25) is 0 Å². The molecule has 0 spiro atoms. The van der Waals surface area contributed by atoms with Gasteiger partial charge in [-0.15, -0.1) is 0 Å². The molecule has 6 heteroatoms. The summed E-state index contributed by atoms with van der Waals surface area (Å²) in [5, 5.41) is 1.68. The van der Waals surface area contributed by atoms with Gasteiger partial charge >= 0.3 is 0 Å². The summed E-state index contributed by atoms with van der Waals surface area (Å²) in [6.07, 6.45) is 1.91. The number of nitrogens with two attached hydrogens (primary N) is 1. The summed E-state index contributed by atoms with van der Waals surface area (Å²) in [5.74, 6) is -0.535. The topological polar surface area (TPSA) is 89.3 Å². The van der Waals surface area contributed by atoms with Crippen LogP contribution in [0.1, 0.15) is 19.8 Å². The van der Waals surface area contributed by atoms with E-state index in [9.17, 15) is 13.2 Å².